The van der Waals surface area contributed by atoms with E-state index in [0.29, 0.717) is 11.1 Å². The number of phenolic OH excluding ortho intramolecular Hbond substituents is 8. The van der Waals surface area contributed by atoms with Gasteiger partial charge in [-0.3, -0.25) is 19.2 Å². The maximum Gasteiger partial charge on any atom is 0.310 e. The lowest BCUT2D eigenvalue weighted by molar-refractivity contribution is -0.280. The number of rotatable bonds is 14. The molecule has 2 aliphatic heterocycles. The van der Waals surface area contributed by atoms with E-state index >= 15 is 0 Å². The van der Waals surface area contributed by atoms with Gasteiger partial charge in [-0.05, 0) is 83.9 Å². The van der Waals surface area contributed by atoms with Crippen molar-refractivity contribution in [3.63, 3.8) is 0 Å². The van der Waals surface area contributed by atoms with Gasteiger partial charge in [0.25, 0.3) is 0 Å². The monoisotopic (exact) mass is 1190 g/mol. The molecular formula is C60H52O26. The van der Waals surface area contributed by atoms with Gasteiger partial charge in [0.15, 0.2) is 11.5 Å². The van der Waals surface area contributed by atoms with E-state index in [1.807, 2.05) is 0 Å². The molecule has 2 aromatic heterocycles. The Bertz CT molecular complexity index is 3720. The van der Waals surface area contributed by atoms with Crippen molar-refractivity contribution >= 4 is 33.9 Å². The van der Waals surface area contributed by atoms with Crippen LogP contribution in [0.3, 0.4) is 0 Å². The summed E-state index contributed by atoms with van der Waals surface area (Å²) in [5.41, 5.74) is -1.84. The van der Waals surface area contributed by atoms with Crippen molar-refractivity contribution in [3.8, 4) is 80.1 Å². The predicted octanol–water partition coefficient (Wildman–Crippen LogP) is 2.85. The third-order valence-electron chi connectivity index (χ3n) is 15.3. The van der Waals surface area contributed by atoms with Crippen LogP contribution >= 0.6 is 0 Å². The molecule has 26 heteroatoms. The SMILES string of the molecule is O=C(OCC1OC(Oc2c(-c3ccc(O)cc3)oc3cc(O)cc(O)c3c2=O)C(O)C(O)C1O)C1C(C(=O)OCC2OC(Oc3c(-c4ccc(O)cc4)oc4cc(O)cc(O)c4c3=O)C(O)C(O)C2O)C(c2ccc(O)cc2)C1c1ccc(O)cc1. The van der Waals surface area contributed by atoms with Gasteiger partial charge < -0.3 is 109 Å². The normalized spacial score (nSPS) is 26.3. The van der Waals surface area contributed by atoms with Crippen molar-refractivity contribution in [1.29, 1.82) is 0 Å². The average molecular weight is 1190 g/mol. The van der Waals surface area contributed by atoms with Crippen LogP contribution in [0.2, 0.25) is 0 Å². The van der Waals surface area contributed by atoms with E-state index in [0.717, 1.165) is 24.3 Å². The second-order valence-corrected chi connectivity index (χ2v) is 20.8. The van der Waals surface area contributed by atoms with E-state index < -0.39 is 166 Å². The van der Waals surface area contributed by atoms with E-state index in [4.69, 9.17) is 37.3 Å². The summed E-state index contributed by atoms with van der Waals surface area (Å²) in [7, 11) is 0. The zero-order valence-corrected chi connectivity index (χ0v) is 44.2. The molecule has 6 aromatic carbocycles. The first-order chi connectivity index (χ1) is 41.1. The van der Waals surface area contributed by atoms with Crippen LogP contribution in [-0.4, -0.2) is 158 Å². The van der Waals surface area contributed by atoms with Crippen LogP contribution in [0, 0.1) is 11.8 Å². The molecule has 0 spiro atoms. The molecular weight excluding hydrogens is 1140 g/mol. The van der Waals surface area contributed by atoms with E-state index in [-0.39, 0.29) is 56.8 Å². The molecule has 14 N–H and O–H groups in total. The van der Waals surface area contributed by atoms with Crippen LogP contribution < -0.4 is 20.3 Å². The van der Waals surface area contributed by atoms with Crippen LogP contribution in [0.1, 0.15) is 23.0 Å². The number of benzene rings is 6. The lowest BCUT2D eigenvalue weighted by Gasteiger charge is -2.50. The first kappa shape index (κ1) is 58.1. The minimum Gasteiger partial charge on any atom is -0.508 e. The van der Waals surface area contributed by atoms with Crippen molar-refractivity contribution in [2.24, 2.45) is 11.8 Å². The van der Waals surface area contributed by atoms with Gasteiger partial charge in [-0.25, -0.2) is 0 Å². The van der Waals surface area contributed by atoms with Crippen molar-refractivity contribution in [3.05, 3.63) is 153 Å². The molecule has 8 aromatic rings. The number of ether oxygens (including phenoxy) is 6. The van der Waals surface area contributed by atoms with Crippen molar-refractivity contribution < 1.29 is 118 Å². The van der Waals surface area contributed by atoms with Gasteiger partial charge in [-0.2, -0.15) is 0 Å². The predicted molar refractivity (Wildman–Crippen MR) is 291 cm³/mol. The minimum absolute atomic E-state index is 0.0930. The summed E-state index contributed by atoms with van der Waals surface area (Å²) >= 11 is 0. The number of carbonyl (C=O) groups excluding carboxylic acids is 2. The Kier molecular flexibility index (Phi) is 15.6. The number of carbonyl (C=O) groups is 2. The zero-order valence-electron chi connectivity index (χ0n) is 44.2. The molecule has 448 valence electrons. The Morgan fingerprint density at radius 2 is 0.733 bits per heavy atom. The van der Waals surface area contributed by atoms with Gasteiger partial charge in [0.05, 0.1) is 11.8 Å². The van der Waals surface area contributed by atoms with E-state index in [1.54, 1.807) is 0 Å². The lowest BCUT2D eigenvalue weighted by atomic mass is 9.52. The zero-order chi connectivity index (χ0) is 61.2. The fourth-order valence-corrected chi connectivity index (χ4v) is 11.0. The van der Waals surface area contributed by atoms with E-state index in [2.05, 4.69) is 0 Å². The Morgan fingerprint density at radius 3 is 1.07 bits per heavy atom. The summed E-state index contributed by atoms with van der Waals surface area (Å²) in [5, 5.41) is 149. The first-order valence-electron chi connectivity index (χ1n) is 26.3. The van der Waals surface area contributed by atoms with E-state index in [1.165, 1.54) is 97.1 Å². The molecule has 26 nitrogen and oxygen atoms in total. The molecule has 4 heterocycles. The summed E-state index contributed by atoms with van der Waals surface area (Å²) < 4.78 is 46.9. The molecule has 1 saturated carbocycles. The average Bonchev–Trinajstić information content (AvgIpc) is 0.957. The number of aromatic hydroxyl groups is 8. The third-order valence-corrected chi connectivity index (χ3v) is 15.3. The van der Waals surface area contributed by atoms with E-state index in [9.17, 15) is 90.7 Å². The maximum absolute atomic E-state index is 14.8. The second kappa shape index (κ2) is 23.1. The third kappa shape index (κ3) is 10.8. The molecule has 3 fully saturated rings. The quantitative estimate of drug-likeness (QED) is 0.0696. The van der Waals surface area contributed by atoms with Gasteiger partial charge in [-0.15, -0.1) is 0 Å². The summed E-state index contributed by atoms with van der Waals surface area (Å²) in [5.74, 6) is -12.8. The van der Waals surface area contributed by atoms with Crippen molar-refractivity contribution in [1.82, 2.24) is 0 Å². The second-order valence-electron chi connectivity index (χ2n) is 20.8. The smallest absolute Gasteiger partial charge is 0.310 e. The molecule has 11 rings (SSSR count). The van der Waals surface area contributed by atoms with Gasteiger partial charge in [-0.1, -0.05) is 24.3 Å². The summed E-state index contributed by atoms with van der Waals surface area (Å²) in [6.07, 6.45) is -20.3. The number of hydrogen-bond donors (Lipinski definition) is 14. The van der Waals surface area contributed by atoms with Gasteiger partial charge >= 0.3 is 11.9 Å². The van der Waals surface area contributed by atoms with Gasteiger partial charge in [0.2, 0.25) is 34.9 Å². The number of fused-ring (bicyclic) bond motifs is 2. The molecule has 86 heavy (non-hydrogen) atoms. The Morgan fingerprint density at radius 1 is 0.407 bits per heavy atom. The number of hydrogen-bond acceptors (Lipinski definition) is 26. The highest BCUT2D eigenvalue weighted by Crippen LogP contribution is 2.59. The molecule has 2 saturated heterocycles. The first-order valence-corrected chi connectivity index (χ1v) is 26.3. The van der Waals surface area contributed by atoms with Crippen molar-refractivity contribution in [2.45, 2.75) is 73.2 Å². The van der Waals surface area contributed by atoms with Crippen LogP contribution in [0.4, 0.5) is 0 Å². The van der Waals surface area contributed by atoms with Crippen LogP contribution in [0.5, 0.6) is 57.5 Å². The van der Waals surface area contributed by atoms with Crippen LogP contribution in [0.25, 0.3) is 44.6 Å². The largest absolute Gasteiger partial charge is 0.508 e. The van der Waals surface area contributed by atoms with Gasteiger partial charge in [0.1, 0.15) is 130 Å². The topological polar surface area (TPSA) is 433 Å². The minimum atomic E-state index is -2.13. The molecule has 0 radical (unpaired) electrons. The standard InChI is InChI=1S/C60H52O26/c61-27-9-1-23(2-10-27)39-40(24-3-11-28(62)12-4-24)44(58(78)80-22-38-46(70)50(74)52(76)60(84-38)86-56-48(72)42-34(68)18-32(66)20-36(42)82-54(56)26-7-15-30(64)16-8-26)43(39)57(77)79-21-37-45(69)49(73)51(75)59(83-37)85-55-47(71)41-33(67)17-31(65)19-35(41)81-53(55)25-5-13-29(63)14-6-25/h1-20,37-40,43-46,49-52,59-70,73-76H,21-22H2. The fraction of sp³-hybridized carbons (Fsp3) is 0.267. The molecule has 14 atom stereocenters. The number of aliphatic hydroxyl groups is 6. The Balaban J connectivity index is 0.872. The van der Waals surface area contributed by atoms with Gasteiger partial charge in [0, 0.05) is 47.2 Å². The molecule has 3 aliphatic rings. The molecule has 0 bridgehead atoms. The highest BCUT2D eigenvalue weighted by Gasteiger charge is 2.60. The Labute approximate surface area is 482 Å². The number of phenols is 8. The van der Waals surface area contributed by atoms with Crippen molar-refractivity contribution in [2.75, 3.05) is 13.2 Å². The molecule has 14 unspecified atom stereocenters. The Hall–Kier alpha value is -9.64. The maximum atomic E-state index is 14.8. The highest BCUT2D eigenvalue weighted by atomic mass is 16.7. The lowest BCUT2D eigenvalue weighted by Crippen LogP contribution is -2.61. The molecule has 1 aliphatic carbocycles. The summed E-state index contributed by atoms with van der Waals surface area (Å²) in [6.45, 7) is -1.89. The van der Waals surface area contributed by atoms with Crippen LogP contribution in [0.15, 0.2) is 140 Å². The summed E-state index contributed by atoms with van der Waals surface area (Å²) in [6, 6.07) is 25.1. The molecule has 0 amide bonds. The highest BCUT2D eigenvalue weighted by molar-refractivity contribution is 5.90. The van der Waals surface area contributed by atoms with Crippen LogP contribution in [-0.2, 0) is 28.5 Å². The number of esters is 2. The number of aliphatic hydroxyl groups excluding tert-OH is 6. The summed E-state index contributed by atoms with van der Waals surface area (Å²) in [4.78, 5) is 57.7. The fourth-order valence-electron chi connectivity index (χ4n) is 11.0.